The maximum atomic E-state index is 11.8. The van der Waals surface area contributed by atoms with Crippen LogP contribution in [0.2, 0.25) is 0 Å². The Labute approximate surface area is 120 Å². The fourth-order valence-corrected chi connectivity index (χ4v) is 2.82. The van der Waals surface area contributed by atoms with Crippen molar-refractivity contribution in [1.29, 1.82) is 0 Å². The lowest BCUT2D eigenvalue weighted by Crippen LogP contribution is -2.40. The van der Waals surface area contributed by atoms with E-state index in [1.807, 2.05) is 0 Å². The fourth-order valence-electron chi connectivity index (χ4n) is 2.82. The summed E-state index contributed by atoms with van der Waals surface area (Å²) in [5.41, 5.74) is -0.0816. The van der Waals surface area contributed by atoms with E-state index in [1.54, 1.807) is 0 Å². The molecule has 0 aliphatic heterocycles. The van der Waals surface area contributed by atoms with Gasteiger partial charge in [-0.05, 0) is 31.6 Å². The first-order chi connectivity index (χ1) is 9.63. The number of aliphatic hydroxyl groups is 1. The van der Waals surface area contributed by atoms with Crippen LogP contribution in [0.4, 0.5) is 0 Å². The summed E-state index contributed by atoms with van der Waals surface area (Å²) in [6, 6.07) is 0. The summed E-state index contributed by atoms with van der Waals surface area (Å²) in [5.74, 6) is 0.313. The van der Waals surface area contributed by atoms with E-state index >= 15 is 0 Å². The highest BCUT2D eigenvalue weighted by Crippen LogP contribution is 2.44. The molecule has 2 saturated carbocycles. The van der Waals surface area contributed by atoms with Crippen LogP contribution in [-0.2, 0) is 9.59 Å². The standard InChI is InChI=1S/C15H26N2O3/c18-11-15(6-7-15)10-17-14(20)9-16-13(19)8-12-4-2-1-3-5-12/h12,18H,1-11H2,(H,16,19)(H,17,20). The van der Waals surface area contributed by atoms with Gasteiger partial charge in [0.25, 0.3) is 0 Å². The maximum Gasteiger partial charge on any atom is 0.239 e. The van der Waals surface area contributed by atoms with Crippen LogP contribution in [-0.4, -0.2) is 36.6 Å². The molecule has 5 heteroatoms. The van der Waals surface area contributed by atoms with E-state index in [2.05, 4.69) is 10.6 Å². The van der Waals surface area contributed by atoms with E-state index in [1.165, 1.54) is 19.3 Å². The molecule has 0 saturated heterocycles. The highest BCUT2D eigenvalue weighted by Gasteiger charge is 2.41. The summed E-state index contributed by atoms with van der Waals surface area (Å²) in [6.07, 6.45) is 8.50. The van der Waals surface area contributed by atoms with Gasteiger partial charge < -0.3 is 15.7 Å². The molecule has 114 valence electrons. The van der Waals surface area contributed by atoms with E-state index in [-0.39, 0.29) is 30.4 Å². The first kappa shape index (κ1) is 15.3. The number of hydrogen-bond acceptors (Lipinski definition) is 3. The lowest BCUT2D eigenvalue weighted by Gasteiger charge is -2.20. The molecule has 2 aliphatic rings. The number of nitrogens with one attached hydrogen (secondary N) is 2. The molecule has 0 unspecified atom stereocenters. The monoisotopic (exact) mass is 282 g/mol. The van der Waals surface area contributed by atoms with Crippen molar-refractivity contribution in [1.82, 2.24) is 10.6 Å². The van der Waals surface area contributed by atoms with Gasteiger partial charge in [0.05, 0.1) is 13.2 Å². The van der Waals surface area contributed by atoms with Crippen molar-refractivity contribution in [3.05, 3.63) is 0 Å². The fraction of sp³-hybridized carbons (Fsp3) is 0.867. The lowest BCUT2D eigenvalue weighted by molar-refractivity contribution is -0.126. The summed E-state index contributed by atoms with van der Waals surface area (Å²) >= 11 is 0. The van der Waals surface area contributed by atoms with E-state index in [0.717, 1.165) is 25.7 Å². The molecule has 5 nitrogen and oxygen atoms in total. The van der Waals surface area contributed by atoms with Gasteiger partial charge in [-0.15, -0.1) is 0 Å². The molecule has 0 aromatic carbocycles. The second-order valence-electron chi connectivity index (χ2n) is 6.42. The van der Waals surface area contributed by atoms with Crippen LogP contribution in [0.5, 0.6) is 0 Å². The molecule has 0 atom stereocenters. The Hall–Kier alpha value is -1.10. The van der Waals surface area contributed by atoms with Gasteiger partial charge in [0.15, 0.2) is 0 Å². The summed E-state index contributed by atoms with van der Waals surface area (Å²) in [7, 11) is 0. The Bertz CT molecular complexity index is 347. The smallest absolute Gasteiger partial charge is 0.239 e. The van der Waals surface area contributed by atoms with Crippen LogP contribution < -0.4 is 10.6 Å². The second kappa shape index (κ2) is 7.07. The minimum absolute atomic E-state index is 0.0182. The van der Waals surface area contributed by atoms with Crippen molar-refractivity contribution >= 4 is 11.8 Å². The van der Waals surface area contributed by atoms with Crippen LogP contribution in [0, 0.1) is 11.3 Å². The van der Waals surface area contributed by atoms with Crippen LogP contribution in [0.25, 0.3) is 0 Å². The molecular formula is C15H26N2O3. The van der Waals surface area contributed by atoms with Gasteiger partial charge in [-0.3, -0.25) is 9.59 Å². The quantitative estimate of drug-likeness (QED) is 0.651. The van der Waals surface area contributed by atoms with Gasteiger partial charge in [-0.1, -0.05) is 19.3 Å². The molecule has 0 heterocycles. The third-order valence-corrected chi connectivity index (χ3v) is 4.60. The highest BCUT2D eigenvalue weighted by molar-refractivity contribution is 5.84. The normalized spacial score (nSPS) is 21.2. The van der Waals surface area contributed by atoms with Crippen molar-refractivity contribution < 1.29 is 14.7 Å². The average molecular weight is 282 g/mol. The zero-order valence-electron chi connectivity index (χ0n) is 12.1. The first-order valence-electron chi connectivity index (χ1n) is 7.78. The largest absolute Gasteiger partial charge is 0.396 e. The Morgan fingerprint density at radius 1 is 1.05 bits per heavy atom. The lowest BCUT2D eigenvalue weighted by atomic mass is 9.87. The minimum Gasteiger partial charge on any atom is -0.396 e. The second-order valence-corrected chi connectivity index (χ2v) is 6.42. The molecule has 0 bridgehead atoms. The number of amides is 2. The molecule has 0 aromatic rings. The maximum absolute atomic E-state index is 11.8. The van der Waals surface area contributed by atoms with Crippen LogP contribution in [0.1, 0.15) is 51.4 Å². The Morgan fingerprint density at radius 3 is 2.35 bits per heavy atom. The summed E-state index contributed by atoms with van der Waals surface area (Å²) in [4.78, 5) is 23.4. The number of carbonyl (C=O) groups excluding carboxylic acids is 2. The highest BCUT2D eigenvalue weighted by atomic mass is 16.3. The minimum atomic E-state index is -0.165. The van der Waals surface area contributed by atoms with Crippen molar-refractivity contribution in [2.45, 2.75) is 51.4 Å². The van der Waals surface area contributed by atoms with Crippen molar-refractivity contribution in [2.75, 3.05) is 19.7 Å². The third kappa shape index (κ3) is 4.78. The topological polar surface area (TPSA) is 78.4 Å². The predicted molar refractivity (Wildman–Crippen MR) is 76.0 cm³/mol. The molecule has 2 aliphatic carbocycles. The molecule has 2 rings (SSSR count). The first-order valence-corrected chi connectivity index (χ1v) is 7.78. The SMILES string of the molecule is O=C(CNC(=O)CC1CCCCC1)NCC1(CO)CC1. The zero-order chi connectivity index (χ0) is 14.4. The van der Waals surface area contributed by atoms with Gasteiger partial charge in [0.1, 0.15) is 0 Å². The van der Waals surface area contributed by atoms with Gasteiger partial charge in [-0.25, -0.2) is 0 Å². The molecule has 20 heavy (non-hydrogen) atoms. The van der Waals surface area contributed by atoms with Gasteiger partial charge in [0.2, 0.25) is 11.8 Å². The predicted octanol–water partition coefficient (Wildman–Crippen LogP) is 0.962. The molecule has 2 fully saturated rings. The van der Waals surface area contributed by atoms with E-state index in [0.29, 0.717) is 18.9 Å². The molecular weight excluding hydrogens is 256 g/mol. The van der Waals surface area contributed by atoms with E-state index < -0.39 is 0 Å². The molecule has 3 N–H and O–H groups in total. The molecule has 0 spiro atoms. The van der Waals surface area contributed by atoms with Crippen molar-refractivity contribution in [3.63, 3.8) is 0 Å². The number of aliphatic hydroxyl groups excluding tert-OH is 1. The summed E-state index contributed by atoms with van der Waals surface area (Å²) in [5, 5.41) is 14.6. The van der Waals surface area contributed by atoms with E-state index in [4.69, 9.17) is 5.11 Å². The van der Waals surface area contributed by atoms with Crippen LogP contribution in [0.3, 0.4) is 0 Å². The zero-order valence-corrected chi connectivity index (χ0v) is 12.1. The van der Waals surface area contributed by atoms with E-state index in [9.17, 15) is 9.59 Å². The number of hydrogen-bond donors (Lipinski definition) is 3. The van der Waals surface area contributed by atoms with Crippen molar-refractivity contribution in [3.8, 4) is 0 Å². The van der Waals surface area contributed by atoms with Gasteiger partial charge in [0, 0.05) is 18.4 Å². The van der Waals surface area contributed by atoms with Crippen LogP contribution >= 0.6 is 0 Å². The van der Waals surface area contributed by atoms with Gasteiger partial charge >= 0.3 is 0 Å². The van der Waals surface area contributed by atoms with Crippen LogP contribution in [0.15, 0.2) is 0 Å². The third-order valence-electron chi connectivity index (χ3n) is 4.60. The molecule has 0 aromatic heterocycles. The van der Waals surface area contributed by atoms with Gasteiger partial charge in [-0.2, -0.15) is 0 Å². The summed E-state index contributed by atoms with van der Waals surface area (Å²) in [6.45, 7) is 0.690. The Kier molecular flexibility index (Phi) is 5.40. The number of carbonyl (C=O) groups is 2. The average Bonchev–Trinajstić information content (AvgIpc) is 3.25. The Morgan fingerprint density at radius 2 is 1.75 bits per heavy atom. The van der Waals surface area contributed by atoms with Crippen molar-refractivity contribution in [2.24, 2.45) is 11.3 Å². The summed E-state index contributed by atoms with van der Waals surface area (Å²) < 4.78 is 0. The number of rotatable bonds is 7. The molecule has 0 radical (unpaired) electrons. The molecule has 2 amide bonds. The Balaban J connectivity index is 1.56.